The summed E-state index contributed by atoms with van der Waals surface area (Å²) in [6.45, 7) is 5.18. The van der Waals surface area contributed by atoms with Crippen LogP contribution in [0.1, 0.15) is 46.3 Å². The van der Waals surface area contributed by atoms with E-state index in [0.717, 1.165) is 36.1 Å². The zero-order chi connectivity index (χ0) is 24.3. The molecule has 1 saturated carbocycles. The summed E-state index contributed by atoms with van der Waals surface area (Å²) in [6.07, 6.45) is 2.46. The molecule has 1 aliphatic heterocycles. The maximum absolute atomic E-state index is 14.1. The number of aryl methyl sites for hydroxylation is 2. The number of rotatable bonds is 8. The van der Waals surface area contributed by atoms with Crippen molar-refractivity contribution in [2.24, 2.45) is 5.92 Å². The van der Waals surface area contributed by atoms with E-state index in [9.17, 15) is 9.59 Å². The second kappa shape index (κ2) is 11.5. The van der Waals surface area contributed by atoms with Crippen molar-refractivity contribution in [3.63, 3.8) is 0 Å². The van der Waals surface area contributed by atoms with Crippen molar-refractivity contribution >= 4 is 24.2 Å². The third-order valence-electron chi connectivity index (χ3n) is 6.76. The van der Waals surface area contributed by atoms with Gasteiger partial charge in [0.25, 0.3) is 11.8 Å². The van der Waals surface area contributed by atoms with Gasteiger partial charge in [-0.3, -0.25) is 14.5 Å². The number of hydrogen-bond donors (Lipinski definition) is 2. The first kappa shape index (κ1) is 27.1. The maximum Gasteiger partial charge on any atom is 0.282 e. The Morgan fingerprint density at radius 2 is 1.63 bits per heavy atom. The normalized spacial score (nSPS) is 20.0. The van der Waals surface area contributed by atoms with E-state index in [0.29, 0.717) is 18.5 Å². The number of amides is 2. The van der Waals surface area contributed by atoms with Gasteiger partial charge in [0.05, 0.1) is 5.92 Å². The van der Waals surface area contributed by atoms with E-state index in [1.165, 1.54) is 0 Å². The van der Waals surface area contributed by atoms with Crippen LogP contribution in [0.5, 0.6) is 0 Å². The highest BCUT2D eigenvalue weighted by Crippen LogP contribution is 2.41. The Hall–Kier alpha value is -2.45. The highest BCUT2D eigenvalue weighted by atomic mass is 35.5. The predicted molar refractivity (Wildman–Crippen MR) is 137 cm³/mol. The van der Waals surface area contributed by atoms with Crippen LogP contribution in [-0.2, 0) is 20.2 Å². The first-order chi connectivity index (χ1) is 16.4. The molecule has 0 radical (unpaired) electrons. The van der Waals surface area contributed by atoms with Crippen LogP contribution in [0.3, 0.4) is 0 Å². The number of nitrogens with zero attached hydrogens (tertiary/aromatic N) is 1. The number of halogens is 1. The van der Waals surface area contributed by atoms with Crippen LogP contribution < -0.4 is 10.6 Å². The molecule has 7 nitrogen and oxygen atoms in total. The fraction of sp³-hybridized carbons (Fsp3) is 0.481. The molecule has 4 rings (SSSR count). The molecular weight excluding hydrogens is 466 g/mol. The molecule has 2 aromatic rings. The smallest absolute Gasteiger partial charge is 0.282 e. The van der Waals surface area contributed by atoms with Gasteiger partial charge in [0.15, 0.2) is 0 Å². The molecule has 1 saturated heterocycles. The number of ether oxygens (including phenoxy) is 2. The predicted octanol–water partition coefficient (Wildman–Crippen LogP) is 3.53. The molecular formula is C27H36ClN3O4. The molecule has 0 aromatic heterocycles. The lowest BCUT2D eigenvalue weighted by Gasteiger charge is -2.44. The van der Waals surface area contributed by atoms with Gasteiger partial charge in [0.1, 0.15) is 0 Å². The SMILES string of the molecule is COC(OC)(c1ccccc1)N(C(=O)C1CNCCC1NC(=O)c1cc(C)cc(C)c1)C1CC1.Cl. The zero-order valence-electron chi connectivity index (χ0n) is 20.9. The molecule has 1 aliphatic carbocycles. The van der Waals surface area contributed by atoms with Gasteiger partial charge in [-0.25, -0.2) is 0 Å². The van der Waals surface area contributed by atoms with Gasteiger partial charge >= 0.3 is 0 Å². The molecule has 0 bridgehead atoms. The van der Waals surface area contributed by atoms with E-state index in [2.05, 4.69) is 10.6 Å². The molecule has 2 fully saturated rings. The van der Waals surface area contributed by atoms with Crippen LogP contribution in [-0.4, -0.2) is 56.1 Å². The van der Waals surface area contributed by atoms with Gasteiger partial charge < -0.3 is 20.1 Å². The van der Waals surface area contributed by atoms with Gasteiger partial charge in [-0.05, 0) is 51.8 Å². The van der Waals surface area contributed by atoms with Gasteiger partial charge in [0.2, 0.25) is 5.91 Å². The largest absolute Gasteiger partial charge is 0.348 e. The van der Waals surface area contributed by atoms with E-state index in [4.69, 9.17) is 9.47 Å². The summed E-state index contributed by atoms with van der Waals surface area (Å²) in [4.78, 5) is 29.0. The average Bonchev–Trinajstić information content (AvgIpc) is 3.67. The second-order valence-electron chi connectivity index (χ2n) is 9.35. The Morgan fingerprint density at radius 1 is 1.00 bits per heavy atom. The summed E-state index contributed by atoms with van der Waals surface area (Å²) < 4.78 is 11.9. The zero-order valence-corrected chi connectivity index (χ0v) is 21.7. The van der Waals surface area contributed by atoms with Gasteiger partial charge in [-0.2, -0.15) is 0 Å². The topological polar surface area (TPSA) is 79.9 Å². The summed E-state index contributed by atoms with van der Waals surface area (Å²) in [5.41, 5.74) is 3.46. The summed E-state index contributed by atoms with van der Waals surface area (Å²) in [5, 5.41) is 6.49. The van der Waals surface area contributed by atoms with Crippen molar-refractivity contribution in [2.75, 3.05) is 27.3 Å². The highest BCUT2D eigenvalue weighted by Gasteiger charge is 2.52. The average molecular weight is 502 g/mol. The number of carbonyl (C=O) groups is 2. The Labute approximate surface area is 214 Å². The molecule has 1 heterocycles. The Morgan fingerprint density at radius 3 is 2.20 bits per heavy atom. The number of hydrogen-bond acceptors (Lipinski definition) is 5. The number of benzene rings is 2. The van der Waals surface area contributed by atoms with Crippen molar-refractivity contribution < 1.29 is 19.1 Å². The van der Waals surface area contributed by atoms with Crippen LogP contribution >= 0.6 is 12.4 Å². The summed E-state index contributed by atoms with van der Waals surface area (Å²) in [7, 11) is 3.13. The number of nitrogens with one attached hydrogen (secondary N) is 2. The van der Waals surface area contributed by atoms with Crippen LogP contribution in [0.4, 0.5) is 0 Å². The lowest BCUT2D eigenvalue weighted by molar-refractivity contribution is -0.302. The highest BCUT2D eigenvalue weighted by molar-refractivity contribution is 5.95. The van der Waals surface area contributed by atoms with Crippen LogP contribution in [0, 0.1) is 19.8 Å². The minimum absolute atomic E-state index is 0. The van der Waals surface area contributed by atoms with Crippen molar-refractivity contribution in [3.8, 4) is 0 Å². The molecule has 2 atom stereocenters. The fourth-order valence-corrected chi connectivity index (χ4v) is 5.03. The monoisotopic (exact) mass is 501 g/mol. The Bertz CT molecular complexity index is 1000. The molecule has 2 aromatic carbocycles. The lowest BCUT2D eigenvalue weighted by Crippen LogP contribution is -2.61. The van der Waals surface area contributed by atoms with Crippen LogP contribution in [0.2, 0.25) is 0 Å². The minimum Gasteiger partial charge on any atom is -0.348 e. The molecule has 190 valence electrons. The standard InChI is InChI=1S/C27H35N3O4.ClH/c1-18-14-19(2)16-20(15-18)25(31)29-24-12-13-28-17-23(24)26(32)30(22-10-11-22)27(33-3,34-4)21-8-6-5-7-9-21;/h5-9,14-16,22-24,28H,10-13,17H2,1-4H3,(H,29,31);1H. The van der Waals surface area contributed by atoms with E-state index < -0.39 is 11.8 Å². The van der Waals surface area contributed by atoms with E-state index in [1.807, 2.05) is 62.4 Å². The quantitative estimate of drug-likeness (QED) is 0.541. The second-order valence-corrected chi connectivity index (χ2v) is 9.35. The molecule has 2 amide bonds. The van der Waals surface area contributed by atoms with E-state index in [-0.39, 0.29) is 36.3 Å². The van der Waals surface area contributed by atoms with Crippen molar-refractivity contribution in [1.82, 2.24) is 15.5 Å². The van der Waals surface area contributed by atoms with Crippen molar-refractivity contribution in [2.45, 2.75) is 51.1 Å². The van der Waals surface area contributed by atoms with Crippen LogP contribution in [0.25, 0.3) is 0 Å². The van der Waals surface area contributed by atoms with E-state index >= 15 is 0 Å². The van der Waals surface area contributed by atoms with Crippen LogP contribution in [0.15, 0.2) is 48.5 Å². The third kappa shape index (κ3) is 5.70. The molecule has 2 N–H and O–H groups in total. The summed E-state index contributed by atoms with van der Waals surface area (Å²) in [6, 6.07) is 15.1. The molecule has 35 heavy (non-hydrogen) atoms. The lowest BCUT2D eigenvalue weighted by atomic mass is 9.90. The third-order valence-corrected chi connectivity index (χ3v) is 6.76. The maximum atomic E-state index is 14.1. The molecule has 2 unspecified atom stereocenters. The summed E-state index contributed by atoms with van der Waals surface area (Å²) >= 11 is 0. The van der Waals surface area contributed by atoms with Crippen molar-refractivity contribution in [1.29, 1.82) is 0 Å². The number of carbonyl (C=O) groups excluding carboxylic acids is 2. The van der Waals surface area contributed by atoms with Gasteiger partial charge in [-0.1, -0.05) is 47.5 Å². The molecule has 2 aliphatic rings. The van der Waals surface area contributed by atoms with E-state index in [1.54, 1.807) is 19.1 Å². The Balaban J connectivity index is 0.00000342. The number of piperidine rings is 1. The fourth-order valence-electron chi connectivity index (χ4n) is 5.03. The van der Waals surface area contributed by atoms with Gasteiger partial charge in [-0.15, -0.1) is 12.4 Å². The molecule has 0 spiro atoms. The van der Waals surface area contributed by atoms with Crippen molar-refractivity contribution in [3.05, 3.63) is 70.8 Å². The van der Waals surface area contributed by atoms with Gasteiger partial charge in [0, 0.05) is 44.0 Å². The first-order valence-corrected chi connectivity index (χ1v) is 12.0. The molecule has 8 heteroatoms. The number of methoxy groups -OCH3 is 2. The first-order valence-electron chi connectivity index (χ1n) is 12.0. The summed E-state index contributed by atoms with van der Waals surface area (Å²) in [5.74, 6) is -1.98. The minimum atomic E-state index is -1.32. The Kier molecular flexibility index (Phi) is 8.94.